The maximum absolute atomic E-state index is 10.1. The molecule has 0 spiro atoms. The highest BCUT2D eigenvalue weighted by atomic mass is 16.3. The Morgan fingerprint density at radius 3 is 2.64 bits per heavy atom. The fraction of sp³-hybridized carbons (Fsp3) is 0.583. The van der Waals surface area contributed by atoms with Crippen molar-refractivity contribution in [1.82, 2.24) is 0 Å². The average molecular weight is 196 g/mol. The molecule has 2 nitrogen and oxygen atoms in total. The minimum Gasteiger partial charge on any atom is -0.386 e. The molecule has 2 heteroatoms. The van der Waals surface area contributed by atoms with Crippen molar-refractivity contribution in [2.75, 3.05) is 0 Å². The van der Waals surface area contributed by atoms with Gasteiger partial charge in [0.15, 0.2) is 0 Å². The molecule has 0 aliphatic heterocycles. The van der Waals surface area contributed by atoms with Crippen LogP contribution in [-0.4, -0.2) is 17.0 Å². The van der Waals surface area contributed by atoms with Crippen LogP contribution in [0, 0.1) is 0 Å². The van der Waals surface area contributed by atoms with Crippen LogP contribution in [0.5, 0.6) is 0 Å². The van der Waals surface area contributed by atoms with Crippen molar-refractivity contribution in [3.63, 3.8) is 0 Å². The second-order valence-electron chi connectivity index (χ2n) is 3.86. The molecule has 0 aliphatic carbocycles. The van der Waals surface area contributed by atoms with Crippen molar-refractivity contribution < 1.29 is 9.90 Å². The van der Waals surface area contributed by atoms with Crippen LogP contribution in [-0.2, 0) is 4.79 Å². The lowest BCUT2D eigenvalue weighted by atomic mass is 9.99. The predicted molar refractivity (Wildman–Crippen MR) is 59.1 cm³/mol. The summed E-state index contributed by atoms with van der Waals surface area (Å²) < 4.78 is 0. The highest BCUT2D eigenvalue weighted by Crippen LogP contribution is 2.14. The summed E-state index contributed by atoms with van der Waals surface area (Å²) in [6.07, 6.45) is 7.46. The summed E-state index contributed by atoms with van der Waals surface area (Å²) in [6, 6.07) is 0. The van der Waals surface area contributed by atoms with E-state index in [0.717, 1.165) is 19.1 Å². The van der Waals surface area contributed by atoms with Gasteiger partial charge in [0.1, 0.15) is 6.29 Å². The van der Waals surface area contributed by atoms with Gasteiger partial charge < -0.3 is 9.90 Å². The molecule has 0 aromatic carbocycles. The molecule has 1 N–H and O–H groups in total. The van der Waals surface area contributed by atoms with Crippen molar-refractivity contribution in [3.05, 3.63) is 24.3 Å². The second kappa shape index (κ2) is 6.55. The fourth-order valence-electron chi connectivity index (χ4n) is 1.10. The maximum atomic E-state index is 10.1. The van der Waals surface area contributed by atoms with Gasteiger partial charge in [-0.2, -0.15) is 0 Å². The summed E-state index contributed by atoms with van der Waals surface area (Å²) in [6.45, 7) is 7.31. The summed E-state index contributed by atoms with van der Waals surface area (Å²) in [5.74, 6) is 0. The highest BCUT2D eigenvalue weighted by molar-refractivity contribution is 5.49. The summed E-state index contributed by atoms with van der Waals surface area (Å²) in [5, 5.41) is 9.61. The molecule has 0 aliphatic rings. The molecule has 1 atom stereocenters. The zero-order chi connectivity index (χ0) is 11.0. The number of aliphatic hydroxyl groups is 1. The first-order chi connectivity index (χ1) is 6.52. The third-order valence-corrected chi connectivity index (χ3v) is 2.24. The van der Waals surface area contributed by atoms with Gasteiger partial charge in [-0.05, 0) is 33.1 Å². The van der Waals surface area contributed by atoms with E-state index in [-0.39, 0.29) is 0 Å². The zero-order valence-corrected chi connectivity index (χ0v) is 9.12. The highest BCUT2D eigenvalue weighted by Gasteiger charge is 2.12. The van der Waals surface area contributed by atoms with E-state index in [1.807, 2.05) is 6.92 Å². The average Bonchev–Trinajstić information content (AvgIpc) is 2.14. The van der Waals surface area contributed by atoms with Crippen LogP contribution >= 0.6 is 0 Å². The van der Waals surface area contributed by atoms with Gasteiger partial charge in [-0.15, -0.1) is 6.58 Å². The quantitative estimate of drug-likeness (QED) is 0.502. The van der Waals surface area contributed by atoms with E-state index < -0.39 is 5.60 Å². The molecule has 0 aromatic rings. The molecule has 0 heterocycles. The van der Waals surface area contributed by atoms with E-state index in [1.54, 1.807) is 13.0 Å². The van der Waals surface area contributed by atoms with Crippen molar-refractivity contribution in [3.8, 4) is 0 Å². The van der Waals surface area contributed by atoms with Gasteiger partial charge in [0, 0.05) is 6.42 Å². The number of carbonyl (C=O) groups excluding carboxylic acids is 1. The van der Waals surface area contributed by atoms with Gasteiger partial charge in [-0.25, -0.2) is 0 Å². The van der Waals surface area contributed by atoms with Crippen molar-refractivity contribution in [1.29, 1.82) is 0 Å². The Balaban J connectivity index is 3.80. The Bertz CT molecular complexity index is 214. The Kier molecular flexibility index (Phi) is 6.13. The van der Waals surface area contributed by atoms with Gasteiger partial charge in [0.05, 0.1) is 5.60 Å². The van der Waals surface area contributed by atoms with E-state index in [2.05, 4.69) is 12.7 Å². The second-order valence-corrected chi connectivity index (χ2v) is 3.86. The number of carbonyl (C=O) groups is 1. The van der Waals surface area contributed by atoms with E-state index in [4.69, 9.17) is 0 Å². The number of hydrogen-bond acceptors (Lipinski definition) is 2. The summed E-state index contributed by atoms with van der Waals surface area (Å²) in [4.78, 5) is 10.1. The lowest BCUT2D eigenvalue weighted by Gasteiger charge is -2.16. The molecule has 0 rings (SSSR count). The van der Waals surface area contributed by atoms with Crippen molar-refractivity contribution in [2.24, 2.45) is 0 Å². The Morgan fingerprint density at radius 2 is 2.14 bits per heavy atom. The fourth-order valence-corrected chi connectivity index (χ4v) is 1.10. The van der Waals surface area contributed by atoms with E-state index in [9.17, 15) is 9.90 Å². The van der Waals surface area contributed by atoms with E-state index in [1.165, 1.54) is 5.57 Å². The van der Waals surface area contributed by atoms with Crippen LogP contribution in [0.15, 0.2) is 24.3 Å². The Labute approximate surface area is 86.3 Å². The maximum Gasteiger partial charge on any atom is 0.120 e. The molecule has 1 unspecified atom stereocenters. The third kappa shape index (κ3) is 6.61. The molecule has 0 saturated heterocycles. The van der Waals surface area contributed by atoms with Crippen LogP contribution in [0.1, 0.15) is 39.5 Å². The molecule has 14 heavy (non-hydrogen) atoms. The predicted octanol–water partition coefficient (Wildman–Crippen LogP) is 2.63. The molecule has 0 amide bonds. The first-order valence-electron chi connectivity index (χ1n) is 4.97. The molecule has 0 fully saturated rings. The van der Waals surface area contributed by atoms with Crippen LogP contribution in [0.4, 0.5) is 0 Å². The van der Waals surface area contributed by atoms with Gasteiger partial charge in [0.2, 0.25) is 0 Å². The zero-order valence-electron chi connectivity index (χ0n) is 9.12. The van der Waals surface area contributed by atoms with Gasteiger partial charge in [-0.3, -0.25) is 0 Å². The first-order valence-corrected chi connectivity index (χ1v) is 4.97. The molecular weight excluding hydrogens is 176 g/mol. The SMILES string of the molecule is C=CC(C)(O)CC/C=C(/C)CCC=O. The lowest BCUT2D eigenvalue weighted by molar-refractivity contribution is -0.107. The topological polar surface area (TPSA) is 37.3 Å². The van der Waals surface area contributed by atoms with E-state index in [0.29, 0.717) is 12.8 Å². The Morgan fingerprint density at radius 1 is 1.50 bits per heavy atom. The number of rotatable bonds is 7. The minimum absolute atomic E-state index is 0.584. The monoisotopic (exact) mass is 196 g/mol. The molecule has 0 saturated carbocycles. The largest absolute Gasteiger partial charge is 0.386 e. The van der Waals surface area contributed by atoms with Crippen molar-refractivity contribution >= 4 is 6.29 Å². The summed E-state index contributed by atoms with van der Waals surface area (Å²) in [7, 11) is 0. The number of aldehydes is 1. The Hall–Kier alpha value is -0.890. The van der Waals surface area contributed by atoms with Crippen LogP contribution in [0.3, 0.4) is 0 Å². The van der Waals surface area contributed by atoms with Crippen LogP contribution < -0.4 is 0 Å². The smallest absolute Gasteiger partial charge is 0.120 e. The molecule has 0 bridgehead atoms. The molecule has 80 valence electrons. The standard InChI is InChI=1S/C12H20O2/c1-4-12(3,14)9-5-7-11(2)8-6-10-13/h4,7,10,14H,1,5-6,8-9H2,2-3H3/b11-7-. The summed E-state index contributed by atoms with van der Waals surface area (Å²) in [5.41, 5.74) is 0.429. The normalized spacial score (nSPS) is 16.1. The number of allylic oxidation sites excluding steroid dienone is 2. The van der Waals surface area contributed by atoms with Crippen molar-refractivity contribution in [2.45, 2.75) is 45.1 Å². The van der Waals surface area contributed by atoms with Gasteiger partial charge in [-0.1, -0.05) is 17.7 Å². The molecule has 0 radical (unpaired) electrons. The van der Waals surface area contributed by atoms with E-state index >= 15 is 0 Å². The van der Waals surface area contributed by atoms with Crippen LogP contribution in [0.25, 0.3) is 0 Å². The molecule has 0 aromatic heterocycles. The van der Waals surface area contributed by atoms with Gasteiger partial charge >= 0.3 is 0 Å². The summed E-state index contributed by atoms with van der Waals surface area (Å²) >= 11 is 0. The molecular formula is C12H20O2. The van der Waals surface area contributed by atoms with Gasteiger partial charge in [0.25, 0.3) is 0 Å². The first kappa shape index (κ1) is 13.1. The minimum atomic E-state index is -0.776. The lowest BCUT2D eigenvalue weighted by Crippen LogP contribution is -2.19. The third-order valence-electron chi connectivity index (χ3n) is 2.24. The van der Waals surface area contributed by atoms with Crippen LogP contribution in [0.2, 0.25) is 0 Å². The number of hydrogen-bond donors (Lipinski definition) is 1.